The molecule has 1 saturated carbocycles. The van der Waals surface area contributed by atoms with E-state index in [1.807, 2.05) is 6.07 Å². The van der Waals surface area contributed by atoms with Gasteiger partial charge in [-0.1, -0.05) is 30.5 Å². The lowest BCUT2D eigenvalue weighted by atomic mass is 9.80. The maximum absolute atomic E-state index is 12.7. The van der Waals surface area contributed by atoms with E-state index in [0.717, 1.165) is 41.7 Å². The van der Waals surface area contributed by atoms with E-state index in [1.54, 1.807) is 17.0 Å². The van der Waals surface area contributed by atoms with Crippen LogP contribution in [-0.2, 0) is 10.2 Å². The van der Waals surface area contributed by atoms with Crippen LogP contribution in [0.3, 0.4) is 0 Å². The summed E-state index contributed by atoms with van der Waals surface area (Å²) < 4.78 is 80.0. The van der Waals surface area contributed by atoms with Crippen molar-refractivity contribution in [2.45, 2.75) is 49.6 Å². The van der Waals surface area contributed by atoms with Gasteiger partial charge in [0.1, 0.15) is 5.76 Å². The number of piperazine rings is 1. The van der Waals surface area contributed by atoms with E-state index < -0.39 is 30.0 Å². The van der Waals surface area contributed by atoms with Crippen LogP contribution in [0.2, 0.25) is 5.02 Å². The Morgan fingerprint density at radius 2 is 1.61 bits per heavy atom. The van der Waals surface area contributed by atoms with Crippen LogP contribution in [0, 0.1) is 0 Å². The van der Waals surface area contributed by atoms with E-state index in [1.165, 1.54) is 0 Å². The molecule has 1 aromatic carbocycles. The minimum Gasteiger partial charge on any atom is -0.509 e. The topological polar surface area (TPSA) is 53.0 Å². The number of ether oxygens (including phenoxy) is 1. The van der Waals surface area contributed by atoms with Gasteiger partial charge in [0.05, 0.1) is 11.1 Å². The first-order valence-electron chi connectivity index (χ1n) is 10.4. The molecule has 12 heteroatoms. The van der Waals surface area contributed by atoms with Crippen LogP contribution in [0.5, 0.6) is 0 Å². The number of aliphatic hydroxyl groups excluding tert-OH is 1. The molecule has 2 aliphatic carbocycles. The molecule has 1 saturated heterocycles. The second-order valence-electron chi connectivity index (χ2n) is 8.50. The number of halogens is 7. The van der Waals surface area contributed by atoms with Crippen molar-refractivity contribution in [1.29, 1.82) is 0 Å². The zero-order valence-electron chi connectivity index (χ0n) is 17.3. The van der Waals surface area contributed by atoms with Gasteiger partial charge in [-0.3, -0.25) is 0 Å². The van der Waals surface area contributed by atoms with Crippen molar-refractivity contribution in [1.82, 2.24) is 9.80 Å². The Hall–Kier alpha value is -2.30. The van der Waals surface area contributed by atoms with Gasteiger partial charge in [-0.2, -0.15) is 26.3 Å². The number of allylic oxidation sites excluding steroid dienone is 1. The number of carbonyl (C=O) groups is 1. The number of aliphatic hydroxyl groups is 1. The van der Waals surface area contributed by atoms with Gasteiger partial charge in [0.2, 0.25) is 0 Å². The molecule has 0 unspecified atom stereocenters. The van der Waals surface area contributed by atoms with E-state index in [2.05, 4.69) is 4.74 Å². The summed E-state index contributed by atoms with van der Waals surface area (Å²) >= 11 is 6.19. The summed E-state index contributed by atoms with van der Waals surface area (Å²) in [5.74, 6) is 0.197. The Morgan fingerprint density at radius 1 is 1.03 bits per heavy atom. The third-order valence-electron chi connectivity index (χ3n) is 6.55. The fourth-order valence-corrected chi connectivity index (χ4v) is 5.18. The number of fused-ring (bicyclic) bond motifs is 2. The Balaban J connectivity index is 1.50. The molecule has 2 fully saturated rings. The minimum absolute atomic E-state index is 0.106. The molecule has 1 amide bonds. The quantitative estimate of drug-likeness (QED) is 0.536. The molecular formula is C21H21ClF6N2O3. The van der Waals surface area contributed by atoms with Gasteiger partial charge in [0.15, 0.2) is 0 Å². The largest absolute Gasteiger partial charge is 0.509 e. The first kappa shape index (κ1) is 23.8. The Morgan fingerprint density at radius 3 is 2.15 bits per heavy atom. The highest BCUT2D eigenvalue weighted by atomic mass is 35.5. The Kier molecular flexibility index (Phi) is 5.91. The lowest BCUT2D eigenvalue weighted by molar-refractivity contribution is -0.308. The van der Waals surface area contributed by atoms with Crippen LogP contribution in [0.1, 0.15) is 36.8 Å². The third kappa shape index (κ3) is 4.20. The lowest BCUT2D eigenvalue weighted by Crippen LogP contribution is -2.52. The van der Waals surface area contributed by atoms with E-state index in [-0.39, 0.29) is 31.9 Å². The highest BCUT2D eigenvalue weighted by Gasteiger charge is 2.60. The lowest BCUT2D eigenvalue weighted by Gasteiger charge is -2.37. The van der Waals surface area contributed by atoms with Crippen LogP contribution in [0.4, 0.5) is 31.1 Å². The van der Waals surface area contributed by atoms with Crippen molar-refractivity contribution in [3.8, 4) is 0 Å². The first-order valence-corrected chi connectivity index (χ1v) is 10.8. The van der Waals surface area contributed by atoms with Crippen LogP contribution in [-0.4, -0.2) is 65.6 Å². The molecule has 3 aliphatic rings. The second-order valence-corrected chi connectivity index (χ2v) is 8.93. The Bertz CT molecular complexity index is 950. The number of benzene rings is 1. The average molecular weight is 499 g/mol. The normalized spacial score (nSPS) is 20.7. The number of amides is 1. The van der Waals surface area contributed by atoms with Crippen LogP contribution < -0.4 is 0 Å². The molecule has 182 valence electrons. The van der Waals surface area contributed by atoms with Gasteiger partial charge in [0.25, 0.3) is 6.10 Å². The smallest absolute Gasteiger partial charge is 0.434 e. The Labute approximate surface area is 190 Å². The van der Waals surface area contributed by atoms with E-state index in [4.69, 9.17) is 11.6 Å². The number of hydrogen-bond acceptors (Lipinski definition) is 4. The average Bonchev–Trinajstić information content (AvgIpc) is 3.30. The summed E-state index contributed by atoms with van der Waals surface area (Å²) in [7, 11) is 0. The predicted octanol–water partition coefficient (Wildman–Crippen LogP) is 5.64. The molecule has 0 atom stereocenters. The maximum atomic E-state index is 12.7. The molecule has 1 heterocycles. The summed E-state index contributed by atoms with van der Waals surface area (Å²) in [6, 6.07) is 5.32. The zero-order chi connectivity index (χ0) is 24.2. The highest BCUT2D eigenvalue weighted by molar-refractivity contribution is 6.30. The van der Waals surface area contributed by atoms with Crippen LogP contribution in [0.25, 0.3) is 5.70 Å². The number of carbonyl (C=O) groups excluding carboxylic acids is 1. The van der Waals surface area contributed by atoms with Gasteiger partial charge < -0.3 is 19.6 Å². The molecule has 4 rings (SSSR count). The van der Waals surface area contributed by atoms with Gasteiger partial charge in [-0.25, -0.2) is 4.79 Å². The summed E-state index contributed by atoms with van der Waals surface area (Å²) in [4.78, 5) is 14.6. The molecule has 0 aromatic heterocycles. The van der Waals surface area contributed by atoms with E-state index in [9.17, 15) is 36.2 Å². The highest BCUT2D eigenvalue weighted by Crippen LogP contribution is 2.55. The zero-order valence-corrected chi connectivity index (χ0v) is 18.0. The van der Waals surface area contributed by atoms with Gasteiger partial charge in [-0.15, -0.1) is 0 Å². The summed E-state index contributed by atoms with van der Waals surface area (Å²) in [6.07, 6.45) is -14.0. The standard InChI is InChI=1S/C21H21ClF6N2O3/c22-12-3-4-13-14(11-12)19(5-1-2-6-19)16(31)15(13)29-7-9-30(10-8-29)18(32)33-17(20(23,24)25)21(26,27)28/h3-4,11,17,31H,1-2,5-10H2. The number of hydrogen-bond donors (Lipinski definition) is 1. The molecule has 1 aliphatic heterocycles. The second kappa shape index (κ2) is 8.18. The summed E-state index contributed by atoms with van der Waals surface area (Å²) in [5, 5.41) is 11.7. The monoisotopic (exact) mass is 498 g/mol. The maximum Gasteiger partial charge on any atom is 0.434 e. The van der Waals surface area contributed by atoms with Crippen molar-refractivity contribution < 1.29 is 41.0 Å². The number of alkyl halides is 6. The predicted molar refractivity (Wildman–Crippen MR) is 107 cm³/mol. The number of nitrogens with zero attached hydrogens (tertiary/aromatic N) is 2. The molecule has 1 spiro atoms. The first-order chi connectivity index (χ1) is 15.3. The third-order valence-corrected chi connectivity index (χ3v) is 6.79. The molecule has 0 bridgehead atoms. The molecule has 0 radical (unpaired) electrons. The summed E-state index contributed by atoms with van der Waals surface area (Å²) in [5.41, 5.74) is 1.74. The van der Waals surface area contributed by atoms with E-state index in [0.29, 0.717) is 10.7 Å². The molecule has 1 N–H and O–H groups in total. The van der Waals surface area contributed by atoms with Crippen molar-refractivity contribution in [2.24, 2.45) is 0 Å². The molecule has 5 nitrogen and oxygen atoms in total. The van der Waals surface area contributed by atoms with Gasteiger partial charge >= 0.3 is 18.4 Å². The fourth-order valence-electron chi connectivity index (χ4n) is 5.01. The van der Waals surface area contributed by atoms with Gasteiger partial charge in [-0.05, 0) is 30.5 Å². The SMILES string of the molecule is O=C(OC(C(F)(F)F)C(F)(F)F)N1CCN(C2=C(O)C3(CCCC3)c3cc(Cl)ccc32)CC1. The fraction of sp³-hybridized carbons (Fsp3) is 0.571. The van der Waals surface area contributed by atoms with Crippen molar-refractivity contribution in [3.63, 3.8) is 0 Å². The molecule has 33 heavy (non-hydrogen) atoms. The van der Waals surface area contributed by atoms with Gasteiger partial charge in [0, 0.05) is 36.8 Å². The van der Waals surface area contributed by atoms with E-state index >= 15 is 0 Å². The number of rotatable bonds is 2. The summed E-state index contributed by atoms with van der Waals surface area (Å²) in [6.45, 7) is -0.105. The molecular weight excluding hydrogens is 478 g/mol. The van der Waals surface area contributed by atoms with Crippen molar-refractivity contribution in [3.05, 3.63) is 40.1 Å². The van der Waals surface area contributed by atoms with Crippen molar-refractivity contribution in [2.75, 3.05) is 26.2 Å². The van der Waals surface area contributed by atoms with Crippen LogP contribution in [0.15, 0.2) is 24.0 Å². The van der Waals surface area contributed by atoms with Crippen LogP contribution >= 0.6 is 11.6 Å². The minimum atomic E-state index is -5.77. The molecule has 1 aromatic rings. The van der Waals surface area contributed by atoms with Crippen molar-refractivity contribution >= 4 is 23.4 Å².